The van der Waals surface area contributed by atoms with E-state index in [0.29, 0.717) is 5.75 Å². The lowest BCUT2D eigenvalue weighted by Gasteiger charge is -2.23. The Balaban J connectivity index is 1.97. The first-order chi connectivity index (χ1) is 14.8. The van der Waals surface area contributed by atoms with Crippen molar-refractivity contribution >= 4 is 29.8 Å². The zero-order chi connectivity index (χ0) is 20.8. The number of ether oxygens (including phenoxy) is 1. The Hall–Kier alpha value is -3.48. The predicted molar refractivity (Wildman–Crippen MR) is 126 cm³/mol. The summed E-state index contributed by atoms with van der Waals surface area (Å²) in [5.74, 6) is 0.128. The van der Waals surface area contributed by atoms with Crippen LogP contribution in [-0.2, 0) is 4.79 Å². The molecule has 0 atom stereocenters. The van der Waals surface area contributed by atoms with Crippen molar-refractivity contribution < 1.29 is 9.53 Å². The molecule has 3 heteroatoms. The molecule has 0 N–H and O–H groups in total. The lowest BCUT2D eigenvalue weighted by atomic mass is 10.0. The predicted octanol–water partition coefficient (Wildman–Crippen LogP) is 5.20. The lowest BCUT2D eigenvalue weighted by Crippen LogP contribution is -2.23. The van der Waals surface area contributed by atoms with E-state index in [4.69, 9.17) is 4.74 Å². The van der Waals surface area contributed by atoms with Crippen LogP contribution < -0.4 is 20.7 Å². The van der Waals surface area contributed by atoms with Crippen molar-refractivity contribution in [3.8, 4) is 16.9 Å². The van der Waals surface area contributed by atoms with E-state index in [1.54, 1.807) is 0 Å². The number of esters is 1. The van der Waals surface area contributed by atoms with Gasteiger partial charge in [-0.3, -0.25) is 0 Å². The molecule has 0 saturated heterocycles. The Labute approximate surface area is 178 Å². The smallest absolute Gasteiger partial charge is 0.335 e. The number of hydrogen-bond acceptors (Lipinski definition) is 2. The maximum Gasteiger partial charge on any atom is 0.335 e. The fourth-order valence-corrected chi connectivity index (χ4v) is 5.78. The van der Waals surface area contributed by atoms with Crippen LogP contribution in [0.3, 0.4) is 0 Å². The Morgan fingerprint density at radius 1 is 0.700 bits per heavy atom. The van der Waals surface area contributed by atoms with Crippen molar-refractivity contribution in [2.24, 2.45) is 0 Å². The highest BCUT2D eigenvalue weighted by molar-refractivity contribution is 7.80. The molecule has 0 heterocycles. The molecule has 30 heavy (non-hydrogen) atoms. The summed E-state index contributed by atoms with van der Waals surface area (Å²) in [5, 5.41) is 3.39. The van der Waals surface area contributed by atoms with Crippen molar-refractivity contribution in [2.75, 3.05) is 0 Å². The topological polar surface area (TPSA) is 26.3 Å². The average Bonchev–Trinajstić information content (AvgIpc) is 2.82. The van der Waals surface area contributed by atoms with Gasteiger partial charge in [0.25, 0.3) is 0 Å². The summed E-state index contributed by atoms with van der Waals surface area (Å²) < 4.78 is 5.86. The first-order valence-corrected chi connectivity index (χ1v) is 11.0. The van der Waals surface area contributed by atoms with Gasteiger partial charge in [-0.05, 0) is 24.1 Å². The fourth-order valence-electron chi connectivity index (χ4n) is 3.38. The minimum absolute atomic E-state index is 0.462. The minimum Gasteiger partial charge on any atom is -0.422 e. The van der Waals surface area contributed by atoms with Crippen LogP contribution in [0.4, 0.5) is 0 Å². The highest BCUT2D eigenvalue weighted by Crippen LogP contribution is 2.40. The van der Waals surface area contributed by atoms with Gasteiger partial charge in [-0.2, -0.15) is 0 Å². The summed E-state index contributed by atoms with van der Waals surface area (Å²) in [6, 6.07) is 36.8. The van der Waals surface area contributed by atoms with E-state index >= 15 is 0 Å². The Bertz CT molecular complexity index is 1100. The van der Waals surface area contributed by atoms with E-state index in [0.717, 1.165) is 16.4 Å². The molecule has 0 aliphatic rings. The Kier molecular flexibility index (Phi) is 6.17. The molecule has 0 spiro atoms. The number of carbonyl (C=O) groups is 1. The number of rotatable bonds is 6. The number of para-hydroxylation sites is 1. The van der Waals surface area contributed by atoms with Gasteiger partial charge in [0.2, 0.25) is 0 Å². The van der Waals surface area contributed by atoms with E-state index in [2.05, 4.69) is 36.9 Å². The van der Waals surface area contributed by atoms with Crippen LogP contribution in [0, 0.1) is 0 Å². The van der Waals surface area contributed by atoms with Crippen LogP contribution in [0.25, 0.3) is 11.1 Å². The van der Waals surface area contributed by atoms with Gasteiger partial charge in [0, 0.05) is 16.9 Å². The Morgan fingerprint density at radius 3 is 1.77 bits per heavy atom. The van der Waals surface area contributed by atoms with E-state index < -0.39 is 13.9 Å². The van der Waals surface area contributed by atoms with Crippen molar-refractivity contribution in [3.05, 3.63) is 122 Å². The lowest BCUT2D eigenvalue weighted by molar-refractivity contribution is -0.128. The van der Waals surface area contributed by atoms with Crippen LogP contribution in [0.5, 0.6) is 5.75 Å². The standard InChI is InChI=1S/C27H21O2P/c1-2-26(28)29-27-24(21-13-6-3-7-14-21)19-12-20-25(27)30(22-15-8-4-9-16-22)23-17-10-5-11-18-23/h2-20H,1H2. The van der Waals surface area contributed by atoms with Crippen LogP contribution in [0.15, 0.2) is 122 Å². The van der Waals surface area contributed by atoms with E-state index in [-0.39, 0.29) is 0 Å². The number of carbonyl (C=O) groups excluding carboxylic acids is 1. The van der Waals surface area contributed by atoms with Crippen molar-refractivity contribution in [1.29, 1.82) is 0 Å². The molecular formula is C27H21O2P. The second-order valence-corrected chi connectivity index (χ2v) is 8.84. The SMILES string of the molecule is C=CC(=O)Oc1c(-c2ccccc2)cccc1P(c1ccccc1)c1ccccc1. The van der Waals surface area contributed by atoms with Crippen LogP contribution in [0.2, 0.25) is 0 Å². The van der Waals surface area contributed by atoms with Gasteiger partial charge in [-0.1, -0.05) is 116 Å². The zero-order valence-electron chi connectivity index (χ0n) is 16.4. The second-order valence-electron chi connectivity index (χ2n) is 6.65. The summed E-state index contributed by atoms with van der Waals surface area (Å²) in [6.45, 7) is 3.58. The largest absolute Gasteiger partial charge is 0.422 e. The molecule has 0 bridgehead atoms. The molecule has 2 nitrogen and oxygen atoms in total. The number of benzene rings is 4. The molecule has 4 rings (SSSR count). The number of hydrogen-bond donors (Lipinski definition) is 0. The molecule has 0 amide bonds. The van der Waals surface area contributed by atoms with Crippen LogP contribution in [0.1, 0.15) is 0 Å². The van der Waals surface area contributed by atoms with Gasteiger partial charge in [0.15, 0.2) is 0 Å². The molecule has 4 aromatic carbocycles. The molecule has 0 saturated carbocycles. The molecule has 0 aromatic heterocycles. The maximum atomic E-state index is 12.3. The van der Waals surface area contributed by atoms with Gasteiger partial charge in [0.05, 0.1) is 0 Å². The molecule has 4 aromatic rings. The van der Waals surface area contributed by atoms with Gasteiger partial charge >= 0.3 is 5.97 Å². The van der Waals surface area contributed by atoms with Crippen LogP contribution >= 0.6 is 7.92 Å². The van der Waals surface area contributed by atoms with Crippen molar-refractivity contribution in [2.45, 2.75) is 0 Å². The Morgan fingerprint density at radius 2 is 1.23 bits per heavy atom. The highest BCUT2D eigenvalue weighted by atomic mass is 31.1. The zero-order valence-corrected chi connectivity index (χ0v) is 17.3. The third-order valence-corrected chi connectivity index (χ3v) is 7.18. The van der Waals surface area contributed by atoms with Gasteiger partial charge in [0.1, 0.15) is 5.75 Å². The molecule has 0 radical (unpaired) electrons. The quantitative estimate of drug-likeness (QED) is 0.190. The van der Waals surface area contributed by atoms with Crippen molar-refractivity contribution in [1.82, 2.24) is 0 Å². The summed E-state index contributed by atoms with van der Waals surface area (Å²) in [6.07, 6.45) is 1.21. The molecule has 0 aliphatic heterocycles. The monoisotopic (exact) mass is 408 g/mol. The normalized spacial score (nSPS) is 10.6. The van der Waals surface area contributed by atoms with E-state index in [9.17, 15) is 4.79 Å². The van der Waals surface area contributed by atoms with Gasteiger partial charge < -0.3 is 4.74 Å². The summed E-state index contributed by atoms with van der Waals surface area (Å²) in [5.41, 5.74) is 1.89. The van der Waals surface area contributed by atoms with E-state index in [1.807, 2.05) is 78.9 Å². The van der Waals surface area contributed by atoms with E-state index in [1.165, 1.54) is 16.7 Å². The maximum absolute atomic E-state index is 12.3. The van der Waals surface area contributed by atoms with Crippen molar-refractivity contribution in [3.63, 3.8) is 0 Å². The van der Waals surface area contributed by atoms with Gasteiger partial charge in [-0.25, -0.2) is 4.79 Å². The molecule has 0 unspecified atom stereocenters. The highest BCUT2D eigenvalue weighted by Gasteiger charge is 2.24. The van der Waals surface area contributed by atoms with Gasteiger partial charge in [-0.15, -0.1) is 0 Å². The molecule has 0 fully saturated rings. The summed E-state index contributed by atoms with van der Waals surface area (Å²) in [4.78, 5) is 12.3. The molecule has 146 valence electrons. The first-order valence-electron chi connectivity index (χ1n) is 9.71. The summed E-state index contributed by atoms with van der Waals surface area (Å²) in [7, 11) is -0.920. The molecule has 0 aliphatic carbocycles. The third-order valence-electron chi connectivity index (χ3n) is 4.72. The third kappa shape index (κ3) is 4.25. The molecular weight excluding hydrogens is 387 g/mol. The fraction of sp³-hybridized carbons (Fsp3) is 0. The van der Waals surface area contributed by atoms with Crippen LogP contribution in [-0.4, -0.2) is 5.97 Å². The minimum atomic E-state index is -0.920. The second kappa shape index (κ2) is 9.35. The first kappa shape index (κ1) is 19.8. The average molecular weight is 408 g/mol. The summed E-state index contributed by atoms with van der Waals surface area (Å²) >= 11 is 0.